The summed E-state index contributed by atoms with van der Waals surface area (Å²) < 4.78 is 11.9. The molecule has 0 N–H and O–H groups in total. The highest BCUT2D eigenvalue weighted by Gasteiger charge is 2.22. The summed E-state index contributed by atoms with van der Waals surface area (Å²) in [5, 5.41) is 0. The van der Waals surface area contributed by atoms with Crippen molar-refractivity contribution in [2.45, 2.75) is 25.7 Å². The highest BCUT2D eigenvalue weighted by molar-refractivity contribution is 9.10. The van der Waals surface area contributed by atoms with Crippen molar-refractivity contribution < 1.29 is 14.3 Å². The predicted molar refractivity (Wildman–Crippen MR) is 126 cm³/mol. The number of carbonyl (C=O) groups excluding carboxylic acids is 1. The van der Waals surface area contributed by atoms with Crippen LogP contribution in [0.25, 0.3) is 0 Å². The lowest BCUT2D eigenvalue weighted by molar-refractivity contribution is 0.100. The van der Waals surface area contributed by atoms with Gasteiger partial charge in [0.2, 0.25) is 0 Å². The number of ether oxygens (including phenoxy) is 2. The van der Waals surface area contributed by atoms with Gasteiger partial charge < -0.3 is 14.4 Å². The van der Waals surface area contributed by atoms with Crippen LogP contribution in [0.4, 0.5) is 5.69 Å². The van der Waals surface area contributed by atoms with Gasteiger partial charge in [0.1, 0.15) is 17.3 Å². The molecule has 2 aromatic carbocycles. The summed E-state index contributed by atoms with van der Waals surface area (Å²) in [4.78, 5) is 19.8. The molecule has 0 spiro atoms. The molecule has 0 aliphatic carbocycles. The van der Waals surface area contributed by atoms with Crippen LogP contribution in [0.1, 0.15) is 36.0 Å². The molecule has 0 fully saturated rings. The minimum Gasteiger partial charge on any atom is -0.497 e. The maximum atomic E-state index is 13.0. The molecule has 3 rings (SSSR count). The van der Waals surface area contributed by atoms with E-state index in [1.54, 1.807) is 14.2 Å². The summed E-state index contributed by atoms with van der Waals surface area (Å²) in [6, 6.07) is 13.1. The van der Waals surface area contributed by atoms with E-state index in [-0.39, 0.29) is 29.3 Å². The average Bonchev–Trinajstić information content (AvgIpc) is 3.01. The number of rotatable bonds is 6. The zero-order valence-electron chi connectivity index (χ0n) is 16.7. The van der Waals surface area contributed by atoms with E-state index in [0.717, 1.165) is 48.2 Å². The second kappa shape index (κ2) is 11.4. The molecule has 0 saturated heterocycles. The Morgan fingerprint density at radius 2 is 1.83 bits per heavy atom. The average molecular weight is 526 g/mol. The van der Waals surface area contributed by atoms with Crippen molar-refractivity contribution in [3.8, 4) is 11.5 Å². The van der Waals surface area contributed by atoms with Crippen molar-refractivity contribution in [1.29, 1.82) is 0 Å². The fourth-order valence-electron chi connectivity index (χ4n) is 3.27. The molecule has 5 nitrogen and oxygen atoms in total. The molecule has 0 saturated carbocycles. The third-order valence-electron chi connectivity index (χ3n) is 4.81. The molecule has 29 heavy (non-hydrogen) atoms. The highest BCUT2D eigenvalue weighted by Crippen LogP contribution is 2.33. The SMILES string of the molecule is Br.COc1ccc(N(CC(=O)c2ccc(Br)cc2)C2=NCCCCC2)c(OC)c1. The lowest BCUT2D eigenvalue weighted by Gasteiger charge is -2.27. The summed E-state index contributed by atoms with van der Waals surface area (Å²) in [6.45, 7) is 1.000. The number of Topliss-reactive ketones (excluding diaryl/α,β-unsaturated/α-hetero) is 1. The summed E-state index contributed by atoms with van der Waals surface area (Å²) >= 11 is 3.42. The van der Waals surface area contributed by atoms with Crippen molar-refractivity contribution >= 4 is 50.2 Å². The molecule has 7 heteroatoms. The van der Waals surface area contributed by atoms with Gasteiger partial charge in [-0.1, -0.05) is 34.5 Å². The van der Waals surface area contributed by atoms with Crippen LogP contribution in [0.3, 0.4) is 0 Å². The Kier molecular flexibility index (Phi) is 9.17. The Labute approximate surface area is 191 Å². The van der Waals surface area contributed by atoms with Crippen molar-refractivity contribution in [3.05, 3.63) is 52.5 Å². The summed E-state index contributed by atoms with van der Waals surface area (Å²) in [5.41, 5.74) is 1.50. The number of aliphatic imine (C=N–C) groups is 1. The zero-order chi connectivity index (χ0) is 19.9. The van der Waals surface area contributed by atoms with Crippen LogP contribution in [0.2, 0.25) is 0 Å². The Balaban J connectivity index is 0.00000300. The topological polar surface area (TPSA) is 51.1 Å². The molecule has 1 aliphatic rings. The summed E-state index contributed by atoms with van der Waals surface area (Å²) in [6.07, 6.45) is 4.15. The standard InChI is InChI=1S/C22H25BrN2O3.BrH/c1-27-18-11-12-19(21(14-18)28-2)25(22-6-4-3-5-13-24-22)15-20(26)16-7-9-17(23)10-8-16;/h7-12,14H,3-6,13,15H2,1-2H3;1H. The van der Waals surface area contributed by atoms with Gasteiger partial charge in [-0.3, -0.25) is 9.79 Å². The van der Waals surface area contributed by atoms with Crippen molar-refractivity contribution in [2.24, 2.45) is 4.99 Å². The minimum absolute atomic E-state index is 0. The molecule has 1 heterocycles. The fraction of sp³-hybridized carbons (Fsp3) is 0.364. The van der Waals surface area contributed by atoms with Crippen LogP contribution < -0.4 is 14.4 Å². The van der Waals surface area contributed by atoms with E-state index in [0.29, 0.717) is 17.1 Å². The molecule has 0 unspecified atom stereocenters. The summed E-state index contributed by atoms with van der Waals surface area (Å²) in [5.74, 6) is 2.35. The number of nitrogens with zero attached hydrogens (tertiary/aromatic N) is 2. The van der Waals surface area contributed by atoms with E-state index < -0.39 is 0 Å². The normalized spacial score (nSPS) is 13.6. The Morgan fingerprint density at radius 3 is 2.52 bits per heavy atom. The van der Waals surface area contributed by atoms with E-state index in [2.05, 4.69) is 15.9 Å². The number of halogens is 2. The van der Waals surface area contributed by atoms with Crippen molar-refractivity contribution in [2.75, 3.05) is 32.2 Å². The van der Waals surface area contributed by atoms with Gasteiger partial charge in [-0.25, -0.2) is 0 Å². The third kappa shape index (κ3) is 6.06. The predicted octanol–water partition coefficient (Wildman–Crippen LogP) is 5.71. The van der Waals surface area contributed by atoms with Gasteiger partial charge >= 0.3 is 0 Å². The maximum Gasteiger partial charge on any atom is 0.182 e. The largest absolute Gasteiger partial charge is 0.497 e. The van der Waals surface area contributed by atoms with E-state index in [1.807, 2.05) is 47.4 Å². The number of anilines is 1. The Hall–Kier alpha value is -1.86. The van der Waals surface area contributed by atoms with E-state index in [1.165, 1.54) is 0 Å². The molecule has 0 radical (unpaired) electrons. The lowest BCUT2D eigenvalue weighted by Crippen LogP contribution is -2.36. The first kappa shape index (κ1) is 23.4. The quantitative estimate of drug-likeness (QED) is 0.453. The van der Waals surface area contributed by atoms with Crippen LogP contribution in [0.5, 0.6) is 11.5 Å². The number of benzene rings is 2. The van der Waals surface area contributed by atoms with Gasteiger partial charge in [-0.15, -0.1) is 17.0 Å². The Bertz CT molecular complexity index is 854. The molecule has 0 aromatic heterocycles. The second-order valence-corrected chi connectivity index (χ2v) is 7.58. The molecule has 156 valence electrons. The number of methoxy groups -OCH3 is 2. The third-order valence-corrected chi connectivity index (χ3v) is 5.34. The number of hydrogen-bond acceptors (Lipinski definition) is 5. The maximum absolute atomic E-state index is 13.0. The van der Waals surface area contributed by atoms with E-state index in [4.69, 9.17) is 14.5 Å². The van der Waals surface area contributed by atoms with Gasteiger partial charge in [-0.05, 0) is 37.1 Å². The summed E-state index contributed by atoms with van der Waals surface area (Å²) in [7, 11) is 3.25. The molecular weight excluding hydrogens is 500 g/mol. The molecule has 2 aromatic rings. The van der Waals surface area contributed by atoms with E-state index in [9.17, 15) is 4.79 Å². The number of hydrogen-bond donors (Lipinski definition) is 0. The lowest BCUT2D eigenvalue weighted by atomic mass is 10.1. The minimum atomic E-state index is 0. The molecule has 1 aliphatic heterocycles. The zero-order valence-corrected chi connectivity index (χ0v) is 20.0. The van der Waals surface area contributed by atoms with Crippen LogP contribution in [-0.4, -0.2) is 38.9 Å². The van der Waals surface area contributed by atoms with Crippen LogP contribution in [0, 0.1) is 0 Å². The van der Waals surface area contributed by atoms with E-state index >= 15 is 0 Å². The van der Waals surface area contributed by atoms with Gasteiger partial charge in [0.15, 0.2) is 5.78 Å². The van der Waals surface area contributed by atoms with Crippen LogP contribution in [-0.2, 0) is 0 Å². The van der Waals surface area contributed by atoms with Crippen molar-refractivity contribution in [3.63, 3.8) is 0 Å². The van der Waals surface area contributed by atoms with Gasteiger partial charge in [-0.2, -0.15) is 0 Å². The highest BCUT2D eigenvalue weighted by atomic mass is 79.9. The first-order valence-corrected chi connectivity index (χ1v) is 10.2. The number of ketones is 1. The van der Waals surface area contributed by atoms with Gasteiger partial charge in [0.05, 0.1) is 26.5 Å². The Morgan fingerprint density at radius 1 is 1.07 bits per heavy atom. The molecule has 0 atom stereocenters. The van der Waals surface area contributed by atoms with Gasteiger partial charge in [0.25, 0.3) is 0 Å². The van der Waals surface area contributed by atoms with Crippen LogP contribution >= 0.6 is 32.9 Å². The van der Waals surface area contributed by atoms with Crippen LogP contribution in [0.15, 0.2) is 51.9 Å². The smallest absolute Gasteiger partial charge is 0.182 e. The molecule has 0 amide bonds. The first-order chi connectivity index (χ1) is 13.6. The monoisotopic (exact) mass is 524 g/mol. The second-order valence-electron chi connectivity index (χ2n) is 6.66. The number of carbonyl (C=O) groups is 1. The van der Waals surface area contributed by atoms with Crippen molar-refractivity contribution in [1.82, 2.24) is 0 Å². The first-order valence-electron chi connectivity index (χ1n) is 9.44. The molecular formula is C22H26Br2N2O3. The number of amidine groups is 1. The molecule has 0 bridgehead atoms. The van der Waals surface area contributed by atoms with Gasteiger partial charge in [0, 0.05) is 29.1 Å². The fourth-order valence-corrected chi connectivity index (χ4v) is 3.54.